The Morgan fingerprint density at radius 2 is 1.82 bits per heavy atom. The molecular weight excluding hydrogens is 278 g/mol. The summed E-state index contributed by atoms with van der Waals surface area (Å²) in [6, 6.07) is 7.77. The minimum absolute atomic E-state index is 0.142. The minimum Gasteiger partial charge on any atom is -0.481 e. The molecule has 4 nitrogen and oxygen atoms in total. The van der Waals surface area contributed by atoms with Crippen LogP contribution in [0.1, 0.15) is 45.2 Å². The molecule has 0 aromatic heterocycles. The van der Waals surface area contributed by atoms with Crippen LogP contribution in [-0.4, -0.2) is 23.5 Å². The van der Waals surface area contributed by atoms with E-state index < -0.39 is 17.3 Å². The van der Waals surface area contributed by atoms with Crippen LogP contribution >= 0.6 is 0 Å². The van der Waals surface area contributed by atoms with Gasteiger partial charge in [-0.1, -0.05) is 38.1 Å². The molecule has 0 saturated carbocycles. The third kappa shape index (κ3) is 4.58. The second-order valence-corrected chi connectivity index (χ2v) is 6.81. The van der Waals surface area contributed by atoms with Crippen molar-refractivity contribution >= 4 is 11.9 Å². The van der Waals surface area contributed by atoms with Gasteiger partial charge in [0.1, 0.15) is 0 Å². The number of amides is 1. The molecule has 1 rings (SSSR count). The van der Waals surface area contributed by atoms with Crippen molar-refractivity contribution in [3.63, 3.8) is 0 Å². The van der Waals surface area contributed by atoms with Crippen molar-refractivity contribution in [1.29, 1.82) is 0 Å². The molecule has 0 aliphatic rings. The lowest BCUT2D eigenvalue weighted by Gasteiger charge is -2.27. The third-order valence-electron chi connectivity index (χ3n) is 4.00. The summed E-state index contributed by atoms with van der Waals surface area (Å²) >= 11 is 0. The van der Waals surface area contributed by atoms with E-state index >= 15 is 0 Å². The fourth-order valence-corrected chi connectivity index (χ4v) is 2.67. The maximum Gasteiger partial charge on any atom is 0.308 e. The highest BCUT2D eigenvalue weighted by Crippen LogP contribution is 2.26. The number of carboxylic acids is 1. The van der Waals surface area contributed by atoms with Crippen LogP contribution in [0.2, 0.25) is 0 Å². The maximum atomic E-state index is 12.5. The van der Waals surface area contributed by atoms with Crippen LogP contribution in [0.25, 0.3) is 0 Å². The van der Waals surface area contributed by atoms with Crippen LogP contribution in [0, 0.1) is 18.8 Å². The van der Waals surface area contributed by atoms with Crippen LogP contribution in [0.4, 0.5) is 0 Å². The summed E-state index contributed by atoms with van der Waals surface area (Å²) in [6.45, 7) is 9.83. The molecule has 0 heterocycles. The normalized spacial score (nSPS) is 13.0. The van der Waals surface area contributed by atoms with E-state index in [1.54, 1.807) is 0 Å². The lowest BCUT2D eigenvalue weighted by atomic mass is 9.81. The summed E-state index contributed by atoms with van der Waals surface area (Å²) in [6.07, 6.45) is 0.556. The van der Waals surface area contributed by atoms with Gasteiger partial charge in [0.05, 0.1) is 11.3 Å². The summed E-state index contributed by atoms with van der Waals surface area (Å²) < 4.78 is 0. The van der Waals surface area contributed by atoms with Gasteiger partial charge in [0.2, 0.25) is 5.91 Å². The average molecular weight is 305 g/mol. The van der Waals surface area contributed by atoms with Crippen molar-refractivity contribution < 1.29 is 14.7 Å². The van der Waals surface area contributed by atoms with Gasteiger partial charge < -0.3 is 10.4 Å². The zero-order chi connectivity index (χ0) is 16.9. The van der Waals surface area contributed by atoms with Crippen molar-refractivity contribution in [3.8, 4) is 0 Å². The molecule has 1 aromatic carbocycles. The quantitative estimate of drug-likeness (QED) is 0.813. The molecule has 0 spiro atoms. The first-order valence-electron chi connectivity index (χ1n) is 7.73. The number of aliphatic carboxylic acids is 1. The molecule has 4 heteroatoms. The Hall–Kier alpha value is -1.84. The van der Waals surface area contributed by atoms with Crippen LogP contribution < -0.4 is 5.32 Å². The molecule has 1 unspecified atom stereocenters. The smallest absolute Gasteiger partial charge is 0.308 e. The first-order chi connectivity index (χ1) is 10.2. The van der Waals surface area contributed by atoms with Crippen molar-refractivity contribution in [1.82, 2.24) is 5.32 Å². The number of carbonyl (C=O) groups excluding carboxylic acids is 1. The van der Waals surface area contributed by atoms with E-state index in [-0.39, 0.29) is 18.4 Å². The van der Waals surface area contributed by atoms with Crippen molar-refractivity contribution in [2.45, 2.75) is 46.5 Å². The highest BCUT2D eigenvalue weighted by atomic mass is 16.4. The van der Waals surface area contributed by atoms with Gasteiger partial charge in [0.15, 0.2) is 0 Å². The Morgan fingerprint density at radius 1 is 1.23 bits per heavy atom. The van der Waals surface area contributed by atoms with E-state index in [0.29, 0.717) is 6.42 Å². The highest BCUT2D eigenvalue weighted by molar-refractivity contribution is 5.88. The van der Waals surface area contributed by atoms with Gasteiger partial charge in [-0.25, -0.2) is 0 Å². The number of hydrogen-bond donors (Lipinski definition) is 2. The second-order valence-electron chi connectivity index (χ2n) is 6.81. The van der Waals surface area contributed by atoms with Crippen LogP contribution in [0.15, 0.2) is 24.3 Å². The van der Waals surface area contributed by atoms with Crippen LogP contribution in [-0.2, 0) is 15.0 Å². The molecule has 2 N–H and O–H groups in total. The highest BCUT2D eigenvalue weighted by Gasteiger charge is 2.31. The summed E-state index contributed by atoms with van der Waals surface area (Å²) in [7, 11) is 0. The maximum absolute atomic E-state index is 12.5. The molecule has 0 aliphatic carbocycles. The van der Waals surface area contributed by atoms with Crippen molar-refractivity contribution in [2.24, 2.45) is 11.8 Å². The molecule has 0 radical (unpaired) electrons. The van der Waals surface area contributed by atoms with Gasteiger partial charge in [-0.3, -0.25) is 9.59 Å². The van der Waals surface area contributed by atoms with Crippen molar-refractivity contribution in [3.05, 3.63) is 35.4 Å². The SMILES string of the molecule is Cc1ccccc1C(C)(C)C(=O)NCC(CC(C)C)C(=O)O. The van der Waals surface area contributed by atoms with Gasteiger partial charge in [-0.15, -0.1) is 0 Å². The molecule has 0 bridgehead atoms. The monoisotopic (exact) mass is 305 g/mol. The molecule has 0 aliphatic heterocycles. The molecule has 0 fully saturated rings. The largest absolute Gasteiger partial charge is 0.481 e. The number of benzene rings is 1. The molecule has 22 heavy (non-hydrogen) atoms. The summed E-state index contributed by atoms with van der Waals surface area (Å²) in [4.78, 5) is 23.8. The Bertz CT molecular complexity index is 535. The molecular formula is C18H27NO3. The van der Waals surface area contributed by atoms with Crippen molar-refractivity contribution in [2.75, 3.05) is 6.54 Å². The molecule has 1 aromatic rings. The number of aryl methyl sites for hydroxylation is 1. The van der Waals surface area contributed by atoms with E-state index in [1.165, 1.54) is 0 Å². The Labute approximate surface area is 132 Å². The number of carbonyl (C=O) groups is 2. The van der Waals surface area contributed by atoms with E-state index in [0.717, 1.165) is 11.1 Å². The number of carboxylic acid groups (broad SMARTS) is 1. The lowest BCUT2D eigenvalue weighted by Crippen LogP contribution is -2.43. The second kappa shape index (κ2) is 7.43. The van der Waals surface area contributed by atoms with Gasteiger partial charge >= 0.3 is 5.97 Å². The van der Waals surface area contributed by atoms with E-state index in [2.05, 4.69) is 5.32 Å². The fourth-order valence-electron chi connectivity index (χ4n) is 2.67. The van der Waals surface area contributed by atoms with E-state index in [9.17, 15) is 14.7 Å². The molecule has 1 amide bonds. The number of hydrogen-bond acceptors (Lipinski definition) is 2. The Kier molecular flexibility index (Phi) is 6.15. The first kappa shape index (κ1) is 18.2. The lowest BCUT2D eigenvalue weighted by molar-refractivity contribution is -0.142. The zero-order valence-corrected chi connectivity index (χ0v) is 14.1. The van der Waals surface area contributed by atoms with Crippen LogP contribution in [0.5, 0.6) is 0 Å². The first-order valence-corrected chi connectivity index (χ1v) is 7.73. The zero-order valence-electron chi connectivity index (χ0n) is 14.1. The fraction of sp³-hybridized carbons (Fsp3) is 0.556. The predicted molar refractivity (Wildman–Crippen MR) is 87.8 cm³/mol. The number of nitrogens with one attached hydrogen (secondary N) is 1. The average Bonchev–Trinajstić information content (AvgIpc) is 2.42. The van der Waals surface area contributed by atoms with E-state index in [1.807, 2.05) is 58.9 Å². The topological polar surface area (TPSA) is 66.4 Å². The molecule has 1 atom stereocenters. The van der Waals surface area contributed by atoms with Gasteiger partial charge in [-0.05, 0) is 44.2 Å². The van der Waals surface area contributed by atoms with Gasteiger partial charge in [0, 0.05) is 6.54 Å². The van der Waals surface area contributed by atoms with Gasteiger partial charge in [-0.2, -0.15) is 0 Å². The Morgan fingerprint density at radius 3 is 2.32 bits per heavy atom. The standard InChI is InChI=1S/C18H27NO3/c1-12(2)10-14(16(20)21)11-19-17(22)18(4,5)15-9-7-6-8-13(15)3/h6-9,12,14H,10-11H2,1-5H3,(H,19,22)(H,20,21). The molecule has 0 saturated heterocycles. The third-order valence-corrected chi connectivity index (χ3v) is 4.00. The van der Waals surface area contributed by atoms with E-state index in [4.69, 9.17) is 0 Å². The molecule has 122 valence electrons. The minimum atomic E-state index is -0.859. The van der Waals surface area contributed by atoms with Crippen LogP contribution in [0.3, 0.4) is 0 Å². The van der Waals surface area contributed by atoms with Gasteiger partial charge in [0.25, 0.3) is 0 Å². The number of rotatable bonds is 7. The Balaban J connectivity index is 2.79. The summed E-state index contributed by atoms with van der Waals surface area (Å²) in [5, 5.41) is 12.1. The summed E-state index contributed by atoms with van der Waals surface area (Å²) in [5.41, 5.74) is 1.33. The predicted octanol–water partition coefficient (Wildman–Crippen LogP) is 3.14. The summed E-state index contributed by atoms with van der Waals surface area (Å²) in [5.74, 6) is -1.27.